The maximum absolute atomic E-state index is 14.9. The van der Waals surface area contributed by atoms with Crippen molar-refractivity contribution in [3.05, 3.63) is 107 Å². The van der Waals surface area contributed by atoms with Crippen LogP contribution in [0, 0.1) is 5.82 Å². The fraction of sp³-hybridized carbons (Fsp3) is 0.0769. The number of halogens is 1. The van der Waals surface area contributed by atoms with Gasteiger partial charge in [0.1, 0.15) is 17.3 Å². The monoisotopic (exact) mass is 397 g/mol. The molecule has 0 amide bonds. The molecule has 1 atom stereocenters. The van der Waals surface area contributed by atoms with E-state index in [-0.39, 0.29) is 11.6 Å². The molecule has 3 nitrogen and oxygen atoms in total. The first kappa shape index (κ1) is 18.3. The Kier molecular flexibility index (Phi) is 4.21. The summed E-state index contributed by atoms with van der Waals surface area (Å²) in [6.07, 6.45) is 3.82. The molecular weight excluding hydrogens is 379 g/mol. The second-order valence-corrected chi connectivity index (χ2v) is 7.24. The quantitative estimate of drug-likeness (QED) is 0.464. The van der Waals surface area contributed by atoms with Gasteiger partial charge in [0.2, 0.25) is 0 Å². The SMILES string of the molecule is COc1ccc2c3c(ccc2c1)OC(c1ccc([O-])cc1)(c1ccccc1F)C=C3. The van der Waals surface area contributed by atoms with Crippen molar-refractivity contribution in [3.8, 4) is 17.2 Å². The number of fused-ring (bicyclic) bond motifs is 3. The lowest BCUT2D eigenvalue weighted by atomic mass is 9.83. The summed E-state index contributed by atoms with van der Waals surface area (Å²) in [6, 6.07) is 22.6. The van der Waals surface area contributed by atoms with Gasteiger partial charge in [-0.05, 0) is 53.3 Å². The molecule has 0 spiro atoms. The minimum Gasteiger partial charge on any atom is -0.872 e. The normalized spacial score (nSPS) is 17.4. The van der Waals surface area contributed by atoms with Gasteiger partial charge in [-0.2, -0.15) is 0 Å². The highest BCUT2D eigenvalue weighted by molar-refractivity contribution is 5.94. The van der Waals surface area contributed by atoms with Gasteiger partial charge in [0, 0.05) is 16.7 Å². The van der Waals surface area contributed by atoms with E-state index in [0.717, 1.165) is 22.1 Å². The van der Waals surface area contributed by atoms with E-state index < -0.39 is 5.60 Å². The predicted octanol–water partition coefficient (Wildman–Crippen LogP) is 5.41. The summed E-state index contributed by atoms with van der Waals surface area (Å²) < 4.78 is 26.7. The van der Waals surface area contributed by atoms with Crippen LogP contribution >= 0.6 is 0 Å². The van der Waals surface area contributed by atoms with Crippen molar-refractivity contribution >= 4 is 16.8 Å². The molecule has 0 radical (unpaired) electrons. The van der Waals surface area contributed by atoms with Crippen molar-refractivity contribution in [1.82, 2.24) is 0 Å². The van der Waals surface area contributed by atoms with Crippen molar-refractivity contribution in [1.29, 1.82) is 0 Å². The highest BCUT2D eigenvalue weighted by atomic mass is 19.1. The lowest BCUT2D eigenvalue weighted by Crippen LogP contribution is -2.35. The summed E-state index contributed by atoms with van der Waals surface area (Å²) >= 11 is 0. The molecule has 0 fully saturated rings. The zero-order valence-corrected chi connectivity index (χ0v) is 16.3. The summed E-state index contributed by atoms with van der Waals surface area (Å²) in [7, 11) is 1.64. The standard InChI is InChI=1S/C26H19FO3/c1-29-20-11-12-21-17(16-20)6-13-25-22(21)14-15-26(30-25,18-7-9-19(28)10-8-18)23-4-2-3-5-24(23)27/h2-16,28H,1H3/p-1. The summed E-state index contributed by atoms with van der Waals surface area (Å²) in [5.74, 6) is 0.941. The van der Waals surface area contributed by atoms with Gasteiger partial charge in [-0.25, -0.2) is 4.39 Å². The number of methoxy groups -OCH3 is 1. The van der Waals surface area contributed by atoms with Gasteiger partial charge >= 0.3 is 0 Å². The van der Waals surface area contributed by atoms with Gasteiger partial charge < -0.3 is 14.6 Å². The van der Waals surface area contributed by atoms with E-state index in [9.17, 15) is 9.50 Å². The van der Waals surface area contributed by atoms with E-state index in [0.29, 0.717) is 16.9 Å². The van der Waals surface area contributed by atoms with Gasteiger partial charge in [0.25, 0.3) is 0 Å². The first-order valence-corrected chi connectivity index (χ1v) is 9.62. The number of rotatable bonds is 3. The Labute approximate surface area is 173 Å². The van der Waals surface area contributed by atoms with E-state index in [4.69, 9.17) is 9.47 Å². The van der Waals surface area contributed by atoms with E-state index in [1.165, 1.54) is 18.2 Å². The minimum atomic E-state index is -1.17. The van der Waals surface area contributed by atoms with Crippen LogP contribution in [-0.4, -0.2) is 7.11 Å². The summed E-state index contributed by atoms with van der Waals surface area (Å²) in [4.78, 5) is 0. The van der Waals surface area contributed by atoms with Crippen LogP contribution in [0.1, 0.15) is 16.7 Å². The summed E-state index contributed by atoms with van der Waals surface area (Å²) in [6.45, 7) is 0. The van der Waals surface area contributed by atoms with E-state index in [1.807, 2.05) is 42.5 Å². The summed E-state index contributed by atoms with van der Waals surface area (Å²) in [5, 5.41) is 13.7. The lowest BCUT2D eigenvalue weighted by Gasteiger charge is -2.36. The van der Waals surface area contributed by atoms with E-state index in [2.05, 4.69) is 0 Å². The number of hydrogen-bond acceptors (Lipinski definition) is 3. The maximum Gasteiger partial charge on any atom is 0.180 e. The second-order valence-electron chi connectivity index (χ2n) is 7.24. The minimum absolute atomic E-state index is 0.109. The molecule has 0 saturated carbocycles. The van der Waals surface area contributed by atoms with Gasteiger partial charge in [0.05, 0.1) is 7.11 Å². The predicted molar refractivity (Wildman–Crippen MR) is 113 cm³/mol. The molecular formula is C26H18FO3-. The van der Waals surface area contributed by atoms with Crippen LogP contribution in [0.2, 0.25) is 0 Å². The molecule has 4 heteroatoms. The highest BCUT2D eigenvalue weighted by Crippen LogP contribution is 2.45. The molecule has 0 aliphatic carbocycles. The molecule has 148 valence electrons. The second kappa shape index (κ2) is 6.92. The molecule has 0 aromatic heterocycles. The smallest absolute Gasteiger partial charge is 0.180 e. The fourth-order valence-electron chi connectivity index (χ4n) is 4.03. The van der Waals surface area contributed by atoms with Crippen LogP contribution < -0.4 is 14.6 Å². The zero-order chi connectivity index (χ0) is 20.7. The fourth-order valence-corrected chi connectivity index (χ4v) is 4.03. The van der Waals surface area contributed by atoms with Gasteiger partial charge in [-0.15, -0.1) is 5.75 Å². The number of benzene rings is 4. The molecule has 5 rings (SSSR count). The van der Waals surface area contributed by atoms with Crippen LogP contribution in [0.4, 0.5) is 4.39 Å². The van der Waals surface area contributed by atoms with Crippen molar-refractivity contribution in [2.75, 3.05) is 7.11 Å². The maximum atomic E-state index is 14.9. The van der Waals surface area contributed by atoms with Crippen molar-refractivity contribution in [3.63, 3.8) is 0 Å². The molecule has 1 aliphatic rings. The first-order valence-electron chi connectivity index (χ1n) is 9.62. The number of ether oxygens (including phenoxy) is 2. The Morgan fingerprint density at radius 2 is 1.73 bits per heavy atom. The highest BCUT2D eigenvalue weighted by Gasteiger charge is 2.39. The third kappa shape index (κ3) is 2.80. The lowest BCUT2D eigenvalue weighted by molar-refractivity contribution is -0.268. The van der Waals surface area contributed by atoms with Crippen molar-refractivity contribution < 1.29 is 19.0 Å². The molecule has 30 heavy (non-hydrogen) atoms. The van der Waals surface area contributed by atoms with E-state index in [1.54, 1.807) is 37.4 Å². The first-order chi connectivity index (χ1) is 14.6. The largest absolute Gasteiger partial charge is 0.872 e. The summed E-state index contributed by atoms with van der Waals surface area (Å²) in [5.41, 5.74) is 0.818. The van der Waals surface area contributed by atoms with Crippen molar-refractivity contribution in [2.24, 2.45) is 0 Å². The molecule has 0 N–H and O–H groups in total. The Hall–Kier alpha value is -3.79. The Bertz CT molecular complexity index is 1280. The molecule has 0 saturated heterocycles. The molecule has 0 bridgehead atoms. The van der Waals surface area contributed by atoms with Crippen LogP contribution in [-0.2, 0) is 5.60 Å². The third-order valence-electron chi connectivity index (χ3n) is 5.54. The zero-order valence-electron chi connectivity index (χ0n) is 16.3. The topological polar surface area (TPSA) is 41.5 Å². The van der Waals surface area contributed by atoms with Gasteiger partial charge in [-0.1, -0.05) is 48.5 Å². The molecule has 4 aromatic carbocycles. The Morgan fingerprint density at radius 1 is 0.933 bits per heavy atom. The number of hydrogen-bond donors (Lipinski definition) is 0. The van der Waals surface area contributed by atoms with Gasteiger partial charge in [-0.3, -0.25) is 0 Å². The Morgan fingerprint density at radius 3 is 2.50 bits per heavy atom. The van der Waals surface area contributed by atoms with Crippen LogP contribution in [0.3, 0.4) is 0 Å². The van der Waals surface area contributed by atoms with Crippen LogP contribution in [0.15, 0.2) is 84.9 Å². The molecule has 4 aromatic rings. The van der Waals surface area contributed by atoms with Crippen LogP contribution in [0.25, 0.3) is 16.8 Å². The Balaban J connectivity index is 1.72. The van der Waals surface area contributed by atoms with Gasteiger partial charge in [0.15, 0.2) is 5.60 Å². The average Bonchev–Trinajstić information content (AvgIpc) is 2.79. The molecule has 1 heterocycles. The van der Waals surface area contributed by atoms with Crippen molar-refractivity contribution in [2.45, 2.75) is 5.60 Å². The third-order valence-corrected chi connectivity index (χ3v) is 5.54. The average molecular weight is 397 g/mol. The molecule has 1 aliphatic heterocycles. The van der Waals surface area contributed by atoms with Crippen LogP contribution in [0.5, 0.6) is 17.2 Å². The van der Waals surface area contributed by atoms with E-state index >= 15 is 0 Å². The molecule has 1 unspecified atom stereocenters.